The molecule has 43 heavy (non-hydrogen) atoms. The second-order valence-electron chi connectivity index (χ2n) is 13.5. The second kappa shape index (κ2) is 10.6. The van der Waals surface area contributed by atoms with Gasteiger partial charge in [-0.2, -0.15) is 5.10 Å². The van der Waals surface area contributed by atoms with Crippen LogP contribution in [0.4, 0.5) is 5.13 Å². The summed E-state index contributed by atoms with van der Waals surface area (Å²) in [6, 6.07) is 7.94. The first-order chi connectivity index (χ1) is 20.6. The molecule has 0 bridgehead atoms. The number of para-hydroxylation sites is 1. The van der Waals surface area contributed by atoms with Crippen LogP contribution in [0.2, 0.25) is 0 Å². The molecule has 0 spiro atoms. The van der Waals surface area contributed by atoms with E-state index in [0.717, 1.165) is 35.1 Å². The third-order valence-electron chi connectivity index (χ3n) is 11.8. The van der Waals surface area contributed by atoms with Gasteiger partial charge in [-0.25, -0.2) is 9.78 Å². The summed E-state index contributed by atoms with van der Waals surface area (Å²) in [5, 5.41) is 30.7. The molecule has 0 saturated heterocycles. The Labute approximate surface area is 263 Å². The van der Waals surface area contributed by atoms with Crippen molar-refractivity contribution in [1.29, 1.82) is 0 Å². The molecule has 2 heterocycles. The number of fused-ring (bicyclic) bond motifs is 6. The monoisotopic (exact) mass is 671 g/mol. The number of esters is 2. The van der Waals surface area contributed by atoms with E-state index in [1.165, 1.54) is 11.3 Å². The summed E-state index contributed by atoms with van der Waals surface area (Å²) in [7, 11) is 0. The number of alkyl halides is 1. The molecule has 0 amide bonds. The lowest BCUT2D eigenvalue weighted by Gasteiger charge is -2.65. The van der Waals surface area contributed by atoms with Crippen molar-refractivity contribution in [2.24, 2.45) is 33.7 Å². The van der Waals surface area contributed by atoms with Crippen molar-refractivity contribution in [3.63, 3.8) is 0 Å². The number of cyclic esters (lactones) is 1. The molecule has 3 N–H and O–H groups in total. The second-order valence-corrected chi connectivity index (χ2v) is 15.1. The quantitative estimate of drug-likeness (QED) is 0.162. The van der Waals surface area contributed by atoms with E-state index in [9.17, 15) is 19.8 Å². The Morgan fingerprint density at radius 1 is 1.19 bits per heavy atom. The predicted octanol–water partition coefficient (Wildman–Crippen LogP) is 5.35. The van der Waals surface area contributed by atoms with Gasteiger partial charge in [-0.1, -0.05) is 46.3 Å². The summed E-state index contributed by atoms with van der Waals surface area (Å²) in [6.45, 7) is 2.50. The molecule has 4 saturated carbocycles. The molecule has 4 fully saturated rings. The van der Waals surface area contributed by atoms with Crippen LogP contribution in [0.15, 0.2) is 41.0 Å². The van der Waals surface area contributed by atoms with Crippen LogP contribution >= 0.6 is 27.3 Å². The highest BCUT2D eigenvalue weighted by atomic mass is 79.9. The fourth-order valence-corrected chi connectivity index (χ4v) is 10.7. The minimum Gasteiger partial charge on any atom is -0.462 e. The van der Waals surface area contributed by atoms with Crippen LogP contribution in [0.5, 0.6) is 0 Å². The van der Waals surface area contributed by atoms with E-state index >= 15 is 0 Å². The van der Waals surface area contributed by atoms with E-state index in [0.29, 0.717) is 50.3 Å². The number of carbonyl (C=O) groups excluding carboxylic acids is 2. The van der Waals surface area contributed by atoms with Crippen molar-refractivity contribution < 1.29 is 29.3 Å². The predicted molar refractivity (Wildman–Crippen MR) is 167 cm³/mol. The Morgan fingerprint density at radius 2 is 2.00 bits per heavy atom. The lowest BCUT2D eigenvalue weighted by molar-refractivity contribution is -0.238. The van der Waals surface area contributed by atoms with Crippen molar-refractivity contribution in [3.8, 4) is 0 Å². The maximum absolute atomic E-state index is 12.7. The molecule has 1 aliphatic heterocycles. The molecule has 8 atom stereocenters. The van der Waals surface area contributed by atoms with Gasteiger partial charge in [0.2, 0.25) is 5.13 Å². The van der Waals surface area contributed by atoms with Gasteiger partial charge in [0.25, 0.3) is 0 Å². The summed E-state index contributed by atoms with van der Waals surface area (Å²) in [5.41, 5.74) is 1.88. The summed E-state index contributed by atoms with van der Waals surface area (Å²) in [5.74, 6) is -0.573. The largest absolute Gasteiger partial charge is 0.462 e. The first kappa shape index (κ1) is 29.4. The topological polar surface area (TPSA) is 130 Å². The molecule has 5 aliphatic rings. The number of hydrazone groups is 1. The highest BCUT2D eigenvalue weighted by Crippen LogP contribution is 2.70. The first-order valence-electron chi connectivity index (χ1n) is 15.3. The van der Waals surface area contributed by atoms with E-state index in [4.69, 9.17) is 14.6 Å². The smallest absolute Gasteiger partial charge is 0.331 e. The molecule has 7 rings (SSSR count). The summed E-state index contributed by atoms with van der Waals surface area (Å²) in [4.78, 5) is 28.7. The number of carbonyl (C=O) groups is 2. The highest BCUT2D eigenvalue weighted by Gasteiger charge is 2.71. The molecular weight excluding hydrogens is 634 g/mol. The van der Waals surface area contributed by atoms with Crippen LogP contribution in [-0.4, -0.2) is 62.6 Å². The van der Waals surface area contributed by atoms with Crippen LogP contribution in [0.3, 0.4) is 0 Å². The number of anilines is 1. The summed E-state index contributed by atoms with van der Waals surface area (Å²) in [6.07, 6.45) is 8.94. The Balaban J connectivity index is 1.22. The van der Waals surface area contributed by atoms with Crippen molar-refractivity contribution in [3.05, 3.63) is 35.9 Å². The zero-order chi connectivity index (χ0) is 30.0. The van der Waals surface area contributed by atoms with Crippen molar-refractivity contribution >= 4 is 60.8 Å². The van der Waals surface area contributed by atoms with Crippen molar-refractivity contribution in [2.45, 2.75) is 82.0 Å². The molecule has 0 radical (unpaired) electrons. The number of aromatic nitrogens is 1. The van der Waals surface area contributed by atoms with Gasteiger partial charge in [-0.3, -0.25) is 10.2 Å². The molecule has 4 aliphatic carbocycles. The first-order valence-corrected chi connectivity index (χ1v) is 17.3. The number of nitrogens with zero attached hydrogens (tertiary/aromatic N) is 2. The lowest BCUT2D eigenvalue weighted by Crippen LogP contribution is -2.69. The fraction of sp³-hybridized carbons (Fsp3) is 0.625. The van der Waals surface area contributed by atoms with Crippen LogP contribution in [0.1, 0.15) is 64.7 Å². The van der Waals surface area contributed by atoms with Gasteiger partial charge >= 0.3 is 11.9 Å². The van der Waals surface area contributed by atoms with Crippen molar-refractivity contribution in [2.75, 3.05) is 17.4 Å². The minimum absolute atomic E-state index is 0.00717. The Hall–Kier alpha value is -2.34. The van der Waals surface area contributed by atoms with E-state index in [1.54, 1.807) is 6.08 Å². The Morgan fingerprint density at radius 3 is 2.77 bits per heavy atom. The third-order valence-corrected chi connectivity index (χ3v) is 13.2. The molecule has 1 aromatic carbocycles. The van der Waals surface area contributed by atoms with Gasteiger partial charge in [-0.15, -0.1) is 0 Å². The fourth-order valence-electron chi connectivity index (χ4n) is 9.78. The number of thiazole rings is 1. The molecule has 9 nitrogen and oxygen atoms in total. The number of halogens is 1. The highest BCUT2D eigenvalue weighted by molar-refractivity contribution is 9.09. The molecule has 0 unspecified atom stereocenters. The lowest BCUT2D eigenvalue weighted by atomic mass is 9.41. The third kappa shape index (κ3) is 4.51. The van der Waals surface area contributed by atoms with Crippen molar-refractivity contribution in [1.82, 2.24) is 4.98 Å². The van der Waals surface area contributed by atoms with E-state index < -0.39 is 16.6 Å². The maximum atomic E-state index is 12.7. The van der Waals surface area contributed by atoms with Crippen LogP contribution in [0, 0.1) is 28.6 Å². The normalized spacial score (nSPS) is 40.5. The minimum atomic E-state index is -1.14. The molecule has 230 valence electrons. The van der Waals surface area contributed by atoms with Gasteiger partial charge in [0, 0.05) is 29.5 Å². The molecule has 2 aromatic rings. The summed E-state index contributed by atoms with van der Waals surface area (Å²) < 4.78 is 12.1. The Kier molecular flexibility index (Phi) is 7.26. The number of ether oxygens (including phenoxy) is 2. The van der Waals surface area contributed by atoms with Gasteiger partial charge in [-0.05, 0) is 86.8 Å². The SMILES string of the molecule is C[C@]12CC[C@@H]3[C@H](CC[C@@]4(O)C[C@@H](OC(=O)CBr)CC[C@]34/C=N\Nc3nc4ccccc4s3)[C@@]1(O)CC[C@H]2C1=CC(=O)OC1. The van der Waals surface area contributed by atoms with Crippen LogP contribution in [0.25, 0.3) is 10.2 Å². The van der Waals surface area contributed by atoms with E-state index in [1.807, 2.05) is 30.5 Å². The number of hydrogen-bond donors (Lipinski definition) is 3. The number of rotatable bonds is 6. The molecule has 1 aromatic heterocycles. The summed E-state index contributed by atoms with van der Waals surface area (Å²) >= 11 is 4.72. The number of hydrogen-bond acceptors (Lipinski definition) is 10. The zero-order valence-corrected chi connectivity index (χ0v) is 26.7. The maximum Gasteiger partial charge on any atom is 0.331 e. The van der Waals surface area contributed by atoms with Gasteiger partial charge in [0.05, 0.1) is 21.4 Å². The molecular formula is C32H38BrN3O6S. The van der Waals surface area contributed by atoms with Crippen LogP contribution < -0.4 is 5.43 Å². The van der Waals surface area contributed by atoms with Crippen LogP contribution in [-0.2, 0) is 19.1 Å². The number of benzene rings is 1. The number of aliphatic hydroxyl groups is 2. The van der Waals surface area contributed by atoms with Gasteiger partial charge < -0.3 is 19.7 Å². The van der Waals surface area contributed by atoms with Gasteiger partial charge in [0.15, 0.2) is 0 Å². The molecule has 11 heteroatoms. The zero-order valence-electron chi connectivity index (χ0n) is 24.3. The Bertz CT molecular complexity index is 1480. The van der Waals surface area contributed by atoms with Gasteiger partial charge in [0.1, 0.15) is 18.0 Å². The van der Waals surface area contributed by atoms with E-state index in [-0.39, 0.29) is 46.5 Å². The average molecular weight is 673 g/mol. The number of nitrogens with one attached hydrogen (secondary N) is 1. The average Bonchev–Trinajstić information content (AvgIpc) is 3.67. The standard InChI is InChI=1S/C32H38BrN3O6S/c1-29-10-7-22-23(32(29,40)13-9-21(29)19-14-26(37)41-17-19)8-12-31(39)15-20(42-27(38)16-33)6-11-30(22,31)18-34-36-28-35-24-4-2-3-5-25(24)43-28/h2-5,14,18,20-23,39-40H,6-13,15-17H2,1H3,(H,35,36)/b34-18-/t20-,21-,22+,23-,29+,30-,31+,32-/m0/s1. The van der Waals surface area contributed by atoms with E-state index in [2.05, 4.69) is 33.3 Å².